The summed E-state index contributed by atoms with van der Waals surface area (Å²) in [5.74, 6) is -0.481. The lowest BCUT2D eigenvalue weighted by Crippen LogP contribution is -2.41. The molecule has 1 saturated heterocycles. The summed E-state index contributed by atoms with van der Waals surface area (Å²) in [6.45, 7) is 4.13. The number of para-hydroxylation sites is 1. The van der Waals surface area contributed by atoms with Gasteiger partial charge in [0.1, 0.15) is 0 Å². The van der Waals surface area contributed by atoms with Crippen LogP contribution in [0.5, 0.6) is 0 Å². The summed E-state index contributed by atoms with van der Waals surface area (Å²) in [5, 5.41) is 5.65. The van der Waals surface area contributed by atoms with Crippen LogP contribution in [0.3, 0.4) is 0 Å². The van der Waals surface area contributed by atoms with E-state index in [1.54, 1.807) is 53.4 Å². The molecule has 7 heteroatoms. The van der Waals surface area contributed by atoms with Crippen LogP contribution in [0.4, 0.5) is 11.4 Å². The number of nitrogens with zero attached hydrogens (tertiary/aromatic N) is 1. The van der Waals surface area contributed by atoms with E-state index in [1.165, 1.54) is 0 Å². The largest absolute Gasteiger partial charge is 0.378 e. The SMILES string of the molecule is CCCCC(=O)Nc1ccc(C(=O)Nc2ccccc2C(=O)N2CCOCC2)cc1. The minimum Gasteiger partial charge on any atom is -0.378 e. The third kappa shape index (κ3) is 5.67. The molecule has 2 aromatic rings. The van der Waals surface area contributed by atoms with Crippen molar-refractivity contribution >= 4 is 29.1 Å². The first kappa shape index (κ1) is 21.5. The van der Waals surface area contributed by atoms with Crippen molar-refractivity contribution in [3.05, 3.63) is 59.7 Å². The molecule has 0 aromatic heterocycles. The molecule has 0 unspecified atom stereocenters. The highest BCUT2D eigenvalue weighted by Crippen LogP contribution is 2.20. The Balaban J connectivity index is 1.66. The zero-order chi connectivity index (χ0) is 21.3. The summed E-state index contributed by atoms with van der Waals surface area (Å²) >= 11 is 0. The van der Waals surface area contributed by atoms with Gasteiger partial charge in [0.05, 0.1) is 24.5 Å². The fourth-order valence-corrected chi connectivity index (χ4v) is 3.18. The fraction of sp³-hybridized carbons (Fsp3) is 0.348. The van der Waals surface area contributed by atoms with Crippen LogP contribution in [-0.2, 0) is 9.53 Å². The molecule has 0 saturated carbocycles. The number of ether oxygens (including phenoxy) is 1. The van der Waals surface area contributed by atoms with Gasteiger partial charge in [0.25, 0.3) is 11.8 Å². The Bertz CT molecular complexity index is 890. The van der Waals surface area contributed by atoms with Crippen LogP contribution < -0.4 is 10.6 Å². The van der Waals surface area contributed by atoms with Crippen LogP contribution in [0.15, 0.2) is 48.5 Å². The molecule has 0 bridgehead atoms. The van der Waals surface area contributed by atoms with E-state index in [1.807, 2.05) is 6.92 Å². The Labute approximate surface area is 176 Å². The van der Waals surface area contributed by atoms with Crippen LogP contribution in [0, 0.1) is 0 Å². The van der Waals surface area contributed by atoms with E-state index in [-0.39, 0.29) is 17.7 Å². The number of hydrogen-bond donors (Lipinski definition) is 2. The van der Waals surface area contributed by atoms with Crippen LogP contribution >= 0.6 is 0 Å². The maximum Gasteiger partial charge on any atom is 0.256 e. The number of benzene rings is 2. The Morgan fingerprint density at radius 2 is 1.67 bits per heavy atom. The molecule has 0 atom stereocenters. The van der Waals surface area contributed by atoms with Crippen molar-refractivity contribution in [2.24, 2.45) is 0 Å². The van der Waals surface area contributed by atoms with Gasteiger partial charge >= 0.3 is 0 Å². The van der Waals surface area contributed by atoms with Crippen LogP contribution in [0.2, 0.25) is 0 Å². The second-order valence-electron chi connectivity index (χ2n) is 7.13. The molecule has 1 heterocycles. The molecule has 3 amide bonds. The molecule has 1 aliphatic heterocycles. The lowest BCUT2D eigenvalue weighted by atomic mass is 10.1. The van der Waals surface area contributed by atoms with Gasteiger partial charge in [0.2, 0.25) is 5.91 Å². The van der Waals surface area contributed by atoms with Crippen LogP contribution in [0.1, 0.15) is 46.9 Å². The second kappa shape index (κ2) is 10.5. The van der Waals surface area contributed by atoms with Crippen molar-refractivity contribution < 1.29 is 19.1 Å². The van der Waals surface area contributed by atoms with E-state index in [4.69, 9.17) is 4.74 Å². The first-order valence-electron chi connectivity index (χ1n) is 10.3. The highest BCUT2D eigenvalue weighted by atomic mass is 16.5. The minimum atomic E-state index is -0.318. The Hall–Kier alpha value is -3.19. The number of unbranched alkanes of at least 4 members (excludes halogenated alkanes) is 1. The lowest BCUT2D eigenvalue weighted by molar-refractivity contribution is -0.116. The van der Waals surface area contributed by atoms with Gasteiger partial charge in [-0.15, -0.1) is 0 Å². The topological polar surface area (TPSA) is 87.7 Å². The van der Waals surface area contributed by atoms with Crippen molar-refractivity contribution in [3.63, 3.8) is 0 Å². The van der Waals surface area contributed by atoms with Crippen molar-refractivity contribution in [1.82, 2.24) is 4.90 Å². The van der Waals surface area contributed by atoms with Gasteiger partial charge in [-0.3, -0.25) is 14.4 Å². The third-order valence-corrected chi connectivity index (χ3v) is 4.89. The molecule has 1 fully saturated rings. The number of anilines is 2. The number of rotatable bonds is 7. The highest BCUT2D eigenvalue weighted by Gasteiger charge is 2.21. The molecule has 158 valence electrons. The highest BCUT2D eigenvalue weighted by molar-refractivity contribution is 6.09. The molecule has 0 radical (unpaired) electrons. The van der Waals surface area contributed by atoms with Crippen molar-refractivity contribution in [2.45, 2.75) is 26.2 Å². The summed E-state index contributed by atoms with van der Waals surface area (Å²) in [7, 11) is 0. The number of nitrogens with one attached hydrogen (secondary N) is 2. The zero-order valence-corrected chi connectivity index (χ0v) is 17.1. The van der Waals surface area contributed by atoms with Crippen LogP contribution in [-0.4, -0.2) is 48.9 Å². The summed E-state index contributed by atoms with van der Waals surface area (Å²) in [4.78, 5) is 39.1. The summed E-state index contributed by atoms with van der Waals surface area (Å²) in [6.07, 6.45) is 2.28. The van der Waals surface area contributed by atoms with E-state index in [0.717, 1.165) is 12.8 Å². The first-order chi connectivity index (χ1) is 14.6. The summed E-state index contributed by atoms with van der Waals surface area (Å²) < 4.78 is 5.30. The van der Waals surface area contributed by atoms with Crippen molar-refractivity contribution in [3.8, 4) is 0 Å². The third-order valence-electron chi connectivity index (χ3n) is 4.89. The average molecular weight is 409 g/mol. The monoisotopic (exact) mass is 409 g/mol. The fourth-order valence-electron chi connectivity index (χ4n) is 3.18. The van der Waals surface area contributed by atoms with Crippen molar-refractivity contribution in [1.29, 1.82) is 0 Å². The van der Waals surface area contributed by atoms with E-state index >= 15 is 0 Å². The standard InChI is InChI=1S/C23H27N3O4/c1-2-3-8-21(27)24-18-11-9-17(10-12-18)22(28)25-20-7-5-4-6-19(20)23(29)26-13-15-30-16-14-26/h4-7,9-12H,2-3,8,13-16H2,1H3,(H,24,27)(H,25,28). The molecule has 1 aliphatic rings. The molecule has 0 spiro atoms. The van der Waals surface area contributed by atoms with Gasteiger partial charge in [-0.25, -0.2) is 0 Å². The van der Waals surface area contributed by atoms with Gasteiger partial charge in [0.15, 0.2) is 0 Å². The van der Waals surface area contributed by atoms with E-state index < -0.39 is 0 Å². The molecule has 7 nitrogen and oxygen atoms in total. The smallest absolute Gasteiger partial charge is 0.256 e. The maximum absolute atomic E-state index is 12.8. The number of amides is 3. The molecular formula is C23H27N3O4. The predicted molar refractivity (Wildman–Crippen MR) is 116 cm³/mol. The van der Waals surface area contributed by atoms with Gasteiger partial charge in [-0.2, -0.15) is 0 Å². The van der Waals surface area contributed by atoms with E-state index in [0.29, 0.717) is 55.2 Å². The number of hydrogen-bond acceptors (Lipinski definition) is 4. The Morgan fingerprint density at radius 1 is 0.967 bits per heavy atom. The van der Waals surface area contributed by atoms with Gasteiger partial charge in [-0.1, -0.05) is 25.5 Å². The molecule has 0 aliphatic carbocycles. The first-order valence-corrected chi connectivity index (χ1v) is 10.3. The second-order valence-corrected chi connectivity index (χ2v) is 7.13. The maximum atomic E-state index is 12.8. The van der Waals surface area contributed by atoms with E-state index in [2.05, 4.69) is 10.6 Å². The summed E-state index contributed by atoms with van der Waals surface area (Å²) in [6, 6.07) is 13.7. The van der Waals surface area contributed by atoms with Gasteiger partial charge < -0.3 is 20.3 Å². The zero-order valence-electron chi connectivity index (χ0n) is 17.1. The predicted octanol–water partition coefficient (Wildman–Crippen LogP) is 3.54. The quantitative estimate of drug-likeness (QED) is 0.732. The normalized spacial score (nSPS) is 13.6. The number of carbonyl (C=O) groups excluding carboxylic acids is 3. The van der Waals surface area contributed by atoms with Gasteiger partial charge in [0, 0.05) is 30.8 Å². The number of morpholine rings is 1. The average Bonchev–Trinajstić information content (AvgIpc) is 2.78. The molecule has 2 N–H and O–H groups in total. The molecule has 30 heavy (non-hydrogen) atoms. The summed E-state index contributed by atoms with van der Waals surface area (Å²) in [5.41, 5.74) is 2.01. The molecular weight excluding hydrogens is 382 g/mol. The number of carbonyl (C=O) groups is 3. The molecule has 3 rings (SSSR count). The Kier molecular flexibility index (Phi) is 7.57. The van der Waals surface area contributed by atoms with Crippen molar-refractivity contribution in [2.75, 3.05) is 36.9 Å². The van der Waals surface area contributed by atoms with Crippen LogP contribution in [0.25, 0.3) is 0 Å². The molecule has 2 aromatic carbocycles. The minimum absolute atomic E-state index is 0.0374. The van der Waals surface area contributed by atoms with E-state index in [9.17, 15) is 14.4 Å². The van der Waals surface area contributed by atoms with Gasteiger partial charge in [-0.05, 0) is 42.8 Å². The lowest BCUT2D eigenvalue weighted by Gasteiger charge is -2.27. The Morgan fingerprint density at radius 3 is 2.37 bits per heavy atom.